The van der Waals surface area contributed by atoms with Gasteiger partial charge in [-0.2, -0.15) is 0 Å². The van der Waals surface area contributed by atoms with Crippen molar-refractivity contribution in [3.05, 3.63) is 32.5 Å². The molecule has 0 aromatic carbocycles. The summed E-state index contributed by atoms with van der Waals surface area (Å²) in [6, 6.07) is 0. The van der Waals surface area contributed by atoms with E-state index in [0.29, 0.717) is 13.0 Å². The van der Waals surface area contributed by atoms with Gasteiger partial charge in [-0.1, -0.05) is 11.3 Å². The molecule has 0 spiro atoms. The molecule has 2 N–H and O–H groups in total. The fraction of sp³-hybridized carbons (Fsp3) is 0.333. The molecule has 0 aliphatic heterocycles. The van der Waals surface area contributed by atoms with Crippen LogP contribution in [0.4, 0.5) is 0 Å². The Kier molecular flexibility index (Phi) is 2.49. The number of carbonyl (C=O) groups is 1. The SMILES string of the molecule is O=C1C=C(NCc2csc(=O)[nH]2)CC1. The quantitative estimate of drug-likeness (QED) is 0.774. The van der Waals surface area contributed by atoms with Gasteiger partial charge < -0.3 is 10.3 Å². The molecule has 1 heterocycles. The number of thiazole rings is 1. The van der Waals surface area contributed by atoms with E-state index in [4.69, 9.17) is 0 Å². The Morgan fingerprint density at radius 1 is 1.43 bits per heavy atom. The third-order valence-electron chi connectivity index (χ3n) is 2.05. The van der Waals surface area contributed by atoms with E-state index in [0.717, 1.165) is 29.1 Å². The molecule has 1 aliphatic carbocycles. The number of rotatable bonds is 3. The van der Waals surface area contributed by atoms with Crippen molar-refractivity contribution in [2.45, 2.75) is 19.4 Å². The zero-order valence-electron chi connectivity index (χ0n) is 7.50. The molecule has 5 heteroatoms. The molecule has 4 nitrogen and oxygen atoms in total. The Balaban J connectivity index is 1.92. The molecule has 0 saturated heterocycles. The first kappa shape index (κ1) is 9.21. The van der Waals surface area contributed by atoms with Gasteiger partial charge in [0.1, 0.15) is 0 Å². The molecule has 0 amide bonds. The minimum atomic E-state index is -0.0433. The molecule has 1 aliphatic rings. The van der Waals surface area contributed by atoms with E-state index in [2.05, 4.69) is 10.3 Å². The Morgan fingerprint density at radius 3 is 2.86 bits per heavy atom. The number of allylic oxidation sites excluding steroid dienone is 2. The second kappa shape index (κ2) is 3.79. The van der Waals surface area contributed by atoms with Crippen molar-refractivity contribution in [3.63, 3.8) is 0 Å². The highest BCUT2D eigenvalue weighted by Gasteiger charge is 2.11. The maximum absolute atomic E-state index is 10.9. The van der Waals surface area contributed by atoms with E-state index in [-0.39, 0.29) is 10.7 Å². The summed E-state index contributed by atoms with van der Waals surface area (Å²) in [4.78, 5) is 24.4. The topological polar surface area (TPSA) is 62.0 Å². The van der Waals surface area contributed by atoms with Crippen LogP contribution < -0.4 is 10.2 Å². The van der Waals surface area contributed by atoms with Crippen molar-refractivity contribution in [2.24, 2.45) is 0 Å². The van der Waals surface area contributed by atoms with Gasteiger partial charge in [0.25, 0.3) is 0 Å². The first-order chi connectivity index (χ1) is 6.74. The molecular formula is C9H10N2O2S. The number of H-pyrrole nitrogens is 1. The molecule has 1 aromatic heterocycles. The van der Waals surface area contributed by atoms with Crippen LogP contribution in [0.5, 0.6) is 0 Å². The zero-order valence-corrected chi connectivity index (χ0v) is 8.32. The summed E-state index contributed by atoms with van der Waals surface area (Å²) in [5.74, 6) is 0.173. The molecule has 14 heavy (non-hydrogen) atoms. The highest BCUT2D eigenvalue weighted by Crippen LogP contribution is 2.12. The monoisotopic (exact) mass is 210 g/mol. The van der Waals surface area contributed by atoms with E-state index in [1.807, 2.05) is 0 Å². The molecule has 74 valence electrons. The van der Waals surface area contributed by atoms with E-state index in [1.54, 1.807) is 11.5 Å². The lowest BCUT2D eigenvalue weighted by atomic mass is 10.3. The summed E-state index contributed by atoms with van der Waals surface area (Å²) in [5, 5.41) is 4.90. The fourth-order valence-corrected chi connectivity index (χ4v) is 1.93. The Bertz CT molecular complexity index is 430. The van der Waals surface area contributed by atoms with Gasteiger partial charge in [0, 0.05) is 29.3 Å². The molecule has 1 aromatic rings. The second-order valence-corrected chi connectivity index (χ2v) is 4.01. The first-order valence-electron chi connectivity index (χ1n) is 4.38. The van der Waals surface area contributed by atoms with Crippen LogP contribution in [0.1, 0.15) is 18.5 Å². The van der Waals surface area contributed by atoms with Crippen LogP contribution in [0.2, 0.25) is 0 Å². The number of carbonyl (C=O) groups excluding carboxylic acids is 1. The van der Waals surface area contributed by atoms with E-state index in [9.17, 15) is 9.59 Å². The smallest absolute Gasteiger partial charge is 0.304 e. The number of hydrogen-bond acceptors (Lipinski definition) is 4. The second-order valence-electron chi connectivity index (χ2n) is 3.16. The van der Waals surface area contributed by atoms with Gasteiger partial charge in [-0.3, -0.25) is 9.59 Å². The minimum absolute atomic E-state index is 0.0433. The van der Waals surface area contributed by atoms with Crippen LogP contribution in [-0.4, -0.2) is 10.8 Å². The Hall–Kier alpha value is -1.36. The molecule has 0 bridgehead atoms. The van der Waals surface area contributed by atoms with Crippen molar-refractivity contribution in [1.29, 1.82) is 0 Å². The summed E-state index contributed by atoms with van der Waals surface area (Å²) < 4.78 is 0. The van der Waals surface area contributed by atoms with E-state index in [1.165, 1.54) is 0 Å². The van der Waals surface area contributed by atoms with Crippen LogP contribution in [0.3, 0.4) is 0 Å². The molecule has 0 saturated carbocycles. The lowest BCUT2D eigenvalue weighted by Crippen LogP contribution is -2.12. The van der Waals surface area contributed by atoms with Crippen molar-refractivity contribution >= 4 is 17.1 Å². The van der Waals surface area contributed by atoms with Crippen LogP contribution in [0.15, 0.2) is 21.9 Å². The Morgan fingerprint density at radius 2 is 2.29 bits per heavy atom. The maximum Gasteiger partial charge on any atom is 0.304 e. The van der Waals surface area contributed by atoms with Gasteiger partial charge >= 0.3 is 4.87 Å². The number of aromatic nitrogens is 1. The fourth-order valence-electron chi connectivity index (χ4n) is 1.35. The lowest BCUT2D eigenvalue weighted by molar-refractivity contribution is -0.114. The molecular weight excluding hydrogens is 200 g/mol. The molecule has 0 atom stereocenters. The summed E-state index contributed by atoms with van der Waals surface area (Å²) in [6.45, 7) is 0.581. The van der Waals surface area contributed by atoms with Crippen LogP contribution >= 0.6 is 11.3 Å². The minimum Gasteiger partial charge on any atom is -0.383 e. The highest BCUT2D eigenvalue weighted by molar-refractivity contribution is 7.07. The summed E-state index contributed by atoms with van der Waals surface area (Å²) in [5.41, 5.74) is 1.82. The van der Waals surface area contributed by atoms with Crippen molar-refractivity contribution < 1.29 is 4.79 Å². The van der Waals surface area contributed by atoms with Crippen LogP contribution in [0.25, 0.3) is 0 Å². The summed E-state index contributed by atoms with van der Waals surface area (Å²) >= 11 is 1.15. The number of ketones is 1. The number of hydrogen-bond donors (Lipinski definition) is 2. The van der Waals surface area contributed by atoms with Crippen molar-refractivity contribution in [2.75, 3.05) is 0 Å². The van der Waals surface area contributed by atoms with Gasteiger partial charge in [0.05, 0.1) is 6.54 Å². The van der Waals surface area contributed by atoms with E-state index < -0.39 is 0 Å². The van der Waals surface area contributed by atoms with E-state index >= 15 is 0 Å². The average Bonchev–Trinajstić information content (AvgIpc) is 2.72. The summed E-state index contributed by atoms with van der Waals surface area (Å²) in [7, 11) is 0. The zero-order chi connectivity index (χ0) is 9.97. The summed E-state index contributed by atoms with van der Waals surface area (Å²) in [6.07, 6.45) is 3.01. The molecule has 0 radical (unpaired) electrons. The molecule has 0 unspecified atom stereocenters. The molecule has 0 fully saturated rings. The van der Waals surface area contributed by atoms with Crippen LogP contribution in [0, 0.1) is 0 Å². The van der Waals surface area contributed by atoms with Gasteiger partial charge in [0.2, 0.25) is 0 Å². The average molecular weight is 210 g/mol. The third kappa shape index (κ3) is 2.11. The van der Waals surface area contributed by atoms with Gasteiger partial charge in [-0.15, -0.1) is 0 Å². The molecule has 2 rings (SSSR count). The van der Waals surface area contributed by atoms with Crippen molar-refractivity contribution in [3.8, 4) is 0 Å². The standard InChI is InChI=1S/C9H10N2O2S/c12-8-2-1-6(3-8)10-4-7-5-14-9(13)11-7/h3,5,10H,1-2,4H2,(H,11,13). The van der Waals surface area contributed by atoms with Crippen molar-refractivity contribution in [1.82, 2.24) is 10.3 Å². The van der Waals surface area contributed by atoms with Gasteiger partial charge in [-0.05, 0) is 6.42 Å². The maximum atomic E-state index is 10.9. The predicted octanol–water partition coefficient (Wildman–Crippen LogP) is 0.773. The number of aromatic amines is 1. The van der Waals surface area contributed by atoms with Gasteiger partial charge in [0.15, 0.2) is 5.78 Å². The predicted molar refractivity (Wildman–Crippen MR) is 54.1 cm³/mol. The highest BCUT2D eigenvalue weighted by atomic mass is 32.1. The third-order valence-corrected chi connectivity index (χ3v) is 2.77. The van der Waals surface area contributed by atoms with Crippen LogP contribution in [-0.2, 0) is 11.3 Å². The van der Waals surface area contributed by atoms with Gasteiger partial charge in [-0.25, -0.2) is 0 Å². The normalized spacial score (nSPS) is 15.7. The Labute approximate surface area is 84.7 Å². The first-order valence-corrected chi connectivity index (χ1v) is 5.26. The largest absolute Gasteiger partial charge is 0.383 e. The number of nitrogens with one attached hydrogen (secondary N) is 2. The lowest BCUT2D eigenvalue weighted by Gasteiger charge is -2.03.